The highest BCUT2D eigenvalue weighted by atomic mass is 16.5. The van der Waals surface area contributed by atoms with E-state index in [1.54, 1.807) is 48.5 Å². The molecule has 0 heterocycles. The van der Waals surface area contributed by atoms with Gasteiger partial charge in [-0.2, -0.15) is 0 Å². The van der Waals surface area contributed by atoms with Gasteiger partial charge < -0.3 is 19.3 Å². The number of carbonyl (C=O) groups excluding carboxylic acids is 3. The highest BCUT2D eigenvalue weighted by molar-refractivity contribution is 6.04. The molecule has 7 heteroatoms. The quantitative estimate of drug-likeness (QED) is 0.363. The van der Waals surface area contributed by atoms with E-state index in [-0.39, 0.29) is 29.2 Å². The fraction of sp³-hybridized carbons (Fsp3) is 0.0870. The van der Waals surface area contributed by atoms with Gasteiger partial charge in [-0.1, -0.05) is 36.4 Å². The summed E-state index contributed by atoms with van der Waals surface area (Å²) in [6.45, 7) is -0.341. The number of rotatable bonds is 7. The maximum absolute atomic E-state index is 12.5. The van der Waals surface area contributed by atoms with Crippen LogP contribution in [0.5, 0.6) is 17.2 Å². The SMILES string of the molecule is COCC(=O)c1c(O)cc(OC(=O)c2ccccc2)cc1OC(=O)c1ccccc1. The predicted molar refractivity (Wildman–Crippen MR) is 107 cm³/mol. The lowest BCUT2D eigenvalue weighted by Gasteiger charge is -2.13. The van der Waals surface area contributed by atoms with E-state index in [1.165, 1.54) is 25.3 Å². The first-order valence-electron chi connectivity index (χ1n) is 8.93. The Balaban J connectivity index is 1.95. The maximum atomic E-state index is 12.5. The van der Waals surface area contributed by atoms with Gasteiger partial charge in [0.1, 0.15) is 29.4 Å². The molecule has 1 N–H and O–H groups in total. The highest BCUT2D eigenvalue weighted by Crippen LogP contribution is 2.35. The fourth-order valence-electron chi connectivity index (χ4n) is 2.67. The van der Waals surface area contributed by atoms with Crippen LogP contribution < -0.4 is 9.47 Å². The van der Waals surface area contributed by atoms with Crippen LogP contribution in [-0.2, 0) is 4.74 Å². The maximum Gasteiger partial charge on any atom is 0.343 e. The third-order valence-corrected chi connectivity index (χ3v) is 4.04. The van der Waals surface area contributed by atoms with Gasteiger partial charge in [0.15, 0.2) is 5.78 Å². The van der Waals surface area contributed by atoms with Crippen molar-refractivity contribution in [3.63, 3.8) is 0 Å². The predicted octanol–water partition coefficient (Wildman–Crippen LogP) is 3.66. The summed E-state index contributed by atoms with van der Waals surface area (Å²) in [7, 11) is 1.32. The average molecular weight is 406 g/mol. The molecule has 0 aliphatic rings. The van der Waals surface area contributed by atoms with Crippen LogP contribution in [0.15, 0.2) is 72.8 Å². The van der Waals surface area contributed by atoms with Crippen molar-refractivity contribution in [2.75, 3.05) is 13.7 Å². The van der Waals surface area contributed by atoms with E-state index in [9.17, 15) is 19.5 Å². The average Bonchev–Trinajstić information content (AvgIpc) is 2.75. The summed E-state index contributed by atoms with van der Waals surface area (Å²) in [5.41, 5.74) is 0.286. The first-order chi connectivity index (χ1) is 14.5. The standard InChI is InChI=1S/C23H18O7/c1-28-14-19(25)21-18(24)12-17(29-22(26)15-8-4-2-5-9-15)13-20(21)30-23(27)16-10-6-3-7-11-16/h2-13,24H,14H2,1H3. The minimum absolute atomic E-state index is 0.0915. The minimum atomic E-state index is -0.743. The first-order valence-corrected chi connectivity index (χ1v) is 8.93. The monoisotopic (exact) mass is 406 g/mol. The smallest absolute Gasteiger partial charge is 0.343 e. The molecule has 7 nitrogen and oxygen atoms in total. The Bertz CT molecular complexity index is 1060. The molecule has 0 radical (unpaired) electrons. The zero-order valence-corrected chi connectivity index (χ0v) is 16.0. The van der Waals surface area contributed by atoms with E-state index in [1.807, 2.05) is 0 Å². The van der Waals surface area contributed by atoms with Gasteiger partial charge in [0.25, 0.3) is 0 Å². The summed E-state index contributed by atoms with van der Waals surface area (Å²) in [4.78, 5) is 37.1. The van der Waals surface area contributed by atoms with Gasteiger partial charge in [-0.05, 0) is 24.3 Å². The number of carbonyl (C=O) groups is 3. The Kier molecular flexibility index (Phi) is 6.56. The number of phenolic OH excluding ortho intramolecular Hbond substituents is 1. The number of esters is 2. The summed E-state index contributed by atoms with van der Waals surface area (Å²) >= 11 is 0. The van der Waals surface area contributed by atoms with Gasteiger partial charge in [-0.15, -0.1) is 0 Å². The number of benzene rings is 3. The lowest BCUT2D eigenvalue weighted by atomic mass is 10.1. The van der Waals surface area contributed by atoms with Gasteiger partial charge >= 0.3 is 11.9 Å². The Hall–Kier alpha value is -3.97. The largest absolute Gasteiger partial charge is 0.507 e. The molecule has 152 valence electrons. The zero-order valence-electron chi connectivity index (χ0n) is 16.0. The molecule has 0 aromatic heterocycles. The second-order valence-electron chi connectivity index (χ2n) is 6.18. The first kappa shape index (κ1) is 20.8. The van der Waals surface area contributed by atoms with Crippen molar-refractivity contribution in [1.29, 1.82) is 0 Å². The van der Waals surface area contributed by atoms with Crippen LogP contribution in [0, 0.1) is 0 Å². The Morgan fingerprint density at radius 1 is 0.800 bits per heavy atom. The number of aromatic hydroxyl groups is 1. The molecule has 3 aromatic carbocycles. The van der Waals surface area contributed by atoms with Crippen molar-refractivity contribution in [2.24, 2.45) is 0 Å². The van der Waals surface area contributed by atoms with Gasteiger partial charge in [-0.25, -0.2) is 9.59 Å². The molecular weight excluding hydrogens is 388 g/mol. The second-order valence-corrected chi connectivity index (χ2v) is 6.18. The number of ketones is 1. The normalized spacial score (nSPS) is 10.3. The van der Waals surface area contributed by atoms with Crippen LogP contribution in [-0.4, -0.2) is 36.5 Å². The van der Waals surface area contributed by atoms with Gasteiger partial charge in [-0.3, -0.25) is 4.79 Å². The molecule has 0 aliphatic carbocycles. The molecular formula is C23H18O7. The van der Waals surface area contributed by atoms with Crippen LogP contribution in [0.2, 0.25) is 0 Å². The number of hydrogen-bond donors (Lipinski definition) is 1. The van der Waals surface area contributed by atoms with Crippen molar-refractivity contribution >= 4 is 17.7 Å². The van der Waals surface area contributed by atoms with Crippen LogP contribution in [0.25, 0.3) is 0 Å². The molecule has 0 unspecified atom stereocenters. The Morgan fingerprint density at radius 2 is 1.33 bits per heavy atom. The van der Waals surface area contributed by atoms with Crippen molar-refractivity contribution in [2.45, 2.75) is 0 Å². The van der Waals surface area contributed by atoms with Crippen molar-refractivity contribution in [1.82, 2.24) is 0 Å². The third-order valence-electron chi connectivity index (χ3n) is 4.04. The lowest BCUT2D eigenvalue weighted by Crippen LogP contribution is -2.15. The Labute approximate surface area is 172 Å². The molecule has 0 saturated carbocycles. The molecule has 0 fully saturated rings. The molecule has 0 amide bonds. The number of Topliss-reactive ketones (excluding diaryl/α,β-unsaturated/α-hetero) is 1. The van der Waals surface area contributed by atoms with Gasteiger partial charge in [0, 0.05) is 19.2 Å². The van der Waals surface area contributed by atoms with Gasteiger partial charge in [0.05, 0.1) is 11.1 Å². The number of methoxy groups -OCH3 is 1. The van der Waals surface area contributed by atoms with Crippen molar-refractivity contribution in [3.05, 3.63) is 89.5 Å². The van der Waals surface area contributed by atoms with Crippen LogP contribution in [0.1, 0.15) is 31.1 Å². The summed E-state index contributed by atoms with van der Waals surface area (Å²) in [5, 5.41) is 10.4. The van der Waals surface area contributed by atoms with E-state index in [0.29, 0.717) is 5.56 Å². The molecule has 0 saturated heterocycles. The molecule has 0 aliphatic heterocycles. The fourth-order valence-corrected chi connectivity index (χ4v) is 2.67. The molecule has 0 spiro atoms. The van der Waals surface area contributed by atoms with E-state index in [0.717, 1.165) is 6.07 Å². The highest BCUT2D eigenvalue weighted by Gasteiger charge is 2.23. The third kappa shape index (κ3) is 4.89. The van der Waals surface area contributed by atoms with Crippen LogP contribution in [0.4, 0.5) is 0 Å². The van der Waals surface area contributed by atoms with E-state index in [2.05, 4.69) is 0 Å². The molecule has 30 heavy (non-hydrogen) atoms. The van der Waals surface area contributed by atoms with E-state index in [4.69, 9.17) is 14.2 Å². The van der Waals surface area contributed by atoms with Crippen LogP contribution in [0.3, 0.4) is 0 Å². The molecule has 3 aromatic rings. The van der Waals surface area contributed by atoms with Gasteiger partial charge in [0.2, 0.25) is 0 Å². The molecule has 0 bridgehead atoms. The van der Waals surface area contributed by atoms with E-state index < -0.39 is 23.5 Å². The second kappa shape index (κ2) is 9.49. The van der Waals surface area contributed by atoms with Crippen molar-refractivity contribution < 1.29 is 33.7 Å². The van der Waals surface area contributed by atoms with Crippen LogP contribution >= 0.6 is 0 Å². The summed E-state index contributed by atoms with van der Waals surface area (Å²) in [6, 6.07) is 18.7. The minimum Gasteiger partial charge on any atom is -0.507 e. The summed E-state index contributed by atoms with van der Waals surface area (Å²) < 4.78 is 15.4. The number of ether oxygens (including phenoxy) is 3. The topological polar surface area (TPSA) is 99.1 Å². The summed E-state index contributed by atoms with van der Waals surface area (Å²) in [5.74, 6) is -2.87. The van der Waals surface area contributed by atoms with Crippen molar-refractivity contribution in [3.8, 4) is 17.2 Å². The molecule has 3 rings (SSSR count). The number of hydrogen-bond acceptors (Lipinski definition) is 7. The summed E-state index contributed by atoms with van der Waals surface area (Å²) in [6.07, 6.45) is 0. The van der Waals surface area contributed by atoms with E-state index >= 15 is 0 Å². The molecule has 0 atom stereocenters. The Morgan fingerprint density at radius 3 is 1.87 bits per heavy atom. The zero-order chi connectivity index (χ0) is 21.5. The lowest BCUT2D eigenvalue weighted by molar-refractivity contribution is 0.0728. The number of phenols is 1.